The number of aliphatic hydroxyl groups is 1. The number of hydrogen-bond donors (Lipinski definition) is 3. The highest BCUT2D eigenvalue weighted by molar-refractivity contribution is 5.75. The number of hydrogen-bond acceptors (Lipinski definition) is 5. The number of nitrogens with one attached hydrogen (secondary N) is 1. The Labute approximate surface area is 100 Å². The summed E-state index contributed by atoms with van der Waals surface area (Å²) in [5, 5.41) is 15.2. The fraction of sp³-hybridized carbons (Fsp3) is 0.700. The summed E-state index contributed by atoms with van der Waals surface area (Å²) in [6, 6.07) is 0. The quantitative estimate of drug-likeness (QED) is 0.533. The van der Waals surface area contributed by atoms with Gasteiger partial charge >= 0.3 is 0 Å². The molecular weight excluding hydrogens is 222 g/mol. The van der Waals surface area contributed by atoms with E-state index in [1.807, 2.05) is 0 Å². The molecule has 0 aliphatic carbocycles. The van der Waals surface area contributed by atoms with E-state index in [4.69, 9.17) is 10.8 Å². The molecule has 0 atom stereocenters. The molecule has 0 unspecified atom stereocenters. The number of aliphatic hydroxyl groups excluding tert-OH is 1. The van der Waals surface area contributed by atoms with Crippen LogP contribution in [-0.2, 0) is 11.3 Å². The third kappa shape index (κ3) is 5.86. The van der Waals surface area contributed by atoms with Gasteiger partial charge in [0.15, 0.2) is 0 Å². The summed E-state index contributed by atoms with van der Waals surface area (Å²) in [5.74, 6) is 0.0684. The maximum absolute atomic E-state index is 11.4. The molecule has 0 fully saturated rings. The van der Waals surface area contributed by atoms with Crippen LogP contribution in [0.4, 0.5) is 5.95 Å². The van der Waals surface area contributed by atoms with Crippen LogP contribution in [0.15, 0.2) is 6.33 Å². The maximum Gasteiger partial charge on any atom is 0.241 e. The Morgan fingerprint density at radius 3 is 2.82 bits per heavy atom. The first-order chi connectivity index (χ1) is 8.22. The Hall–Kier alpha value is -1.63. The van der Waals surface area contributed by atoms with Crippen molar-refractivity contribution in [3.63, 3.8) is 0 Å². The second-order valence-electron chi connectivity index (χ2n) is 3.79. The van der Waals surface area contributed by atoms with Crippen molar-refractivity contribution >= 4 is 11.9 Å². The zero-order chi connectivity index (χ0) is 12.5. The van der Waals surface area contributed by atoms with Crippen LogP contribution in [0.2, 0.25) is 0 Å². The normalized spacial score (nSPS) is 10.4. The lowest BCUT2D eigenvalue weighted by Crippen LogP contribution is -2.28. The second kappa shape index (κ2) is 7.61. The maximum atomic E-state index is 11.4. The standard InChI is InChI=1S/C10H19N5O2/c11-10-13-8-15(14-10)7-9(17)12-5-3-1-2-4-6-16/h8,16H,1-7H2,(H2,11,14)(H,12,17). The molecule has 0 bridgehead atoms. The van der Waals surface area contributed by atoms with Crippen LogP contribution >= 0.6 is 0 Å². The predicted molar refractivity (Wildman–Crippen MR) is 63.0 cm³/mol. The van der Waals surface area contributed by atoms with Crippen LogP contribution in [0.3, 0.4) is 0 Å². The number of amides is 1. The van der Waals surface area contributed by atoms with Crippen molar-refractivity contribution in [3.8, 4) is 0 Å². The lowest BCUT2D eigenvalue weighted by Gasteiger charge is -2.04. The van der Waals surface area contributed by atoms with Gasteiger partial charge in [-0.3, -0.25) is 4.79 Å². The summed E-state index contributed by atoms with van der Waals surface area (Å²) in [7, 11) is 0. The van der Waals surface area contributed by atoms with E-state index in [0.717, 1.165) is 25.7 Å². The van der Waals surface area contributed by atoms with Crippen molar-refractivity contribution in [1.29, 1.82) is 0 Å². The molecule has 0 aliphatic heterocycles. The number of nitrogens with zero attached hydrogens (tertiary/aromatic N) is 3. The van der Waals surface area contributed by atoms with Crippen LogP contribution in [0.25, 0.3) is 0 Å². The summed E-state index contributed by atoms with van der Waals surface area (Å²) >= 11 is 0. The molecule has 0 aromatic carbocycles. The number of aromatic nitrogens is 3. The Morgan fingerprint density at radius 1 is 1.41 bits per heavy atom. The number of carbonyl (C=O) groups is 1. The van der Waals surface area contributed by atoms with Gasteiger partial charge in [0.25, 0.3) is 0 Å². The molecule has 0 spiro atoms. The van der Waals surface area contributed by atoms with Crippen LogP contribution in [-0.4, -0.2) is 38.9 Å². The van der Waals surface area contributed by atoms with E-state index in [0.29, 0.717) is 6.54 Å². The van der Waals surface area contributed by atoms with Gasteiger partial charge < -0.3 is 16.2 Å². The van der Waals surface area contributed by atoms with Crippen molar-refractivity contribution in [2.75, 3.05) is 18.9 Å². The predicted octanol–water partition coefficient (Wildman–Crippen LogP) is -0.471. The van der Waals surface area contributed by atoms with Crippen molar-refractivity contribution in [2.45, 2.75) is 32.2 Å². The summed E-state index contributed by atoms with van der Waals surface area (Å²) in [5.41, 5.74) is 5.33. The van der Waals surface area contributed by atoms with Gasteiger partial charge in [0.05, 0.1) is 0 Å². The molecule has 1 heterocycles. The fourth-order valence-corrected chi connectivity index (χ4v) is 1.41. The number of anilines is 1. The van der Waals surface area contributed by atoms with Gasteiger partial charge in [-0.05, 0) is 12.8 Å². The van der Waals surface area contributed by atoms with Crippen molar-refractivity contribution in [2.24, 2.45) is 0 Å². The van der Waals surface area contributed by atoms with Gasteiger partial charge in [0.1, 0.15) is 12.9 Å². The molecule has 0 aliphatic rings. The average Bonchev–Trinajstić information content (AvgIpc) is 2.69. The van der Waals surface area contributed by atoms with E-state index < -0.39 is 0 Å². The molecule has 7 nitrogen and oxygen atoms in total. The highest BCUT2D eigenvalue weighted by Crippen LogP contribution is 1.97. The molecule has 1 aromatic rings. The molecule has 1 aromatic heterocycles. The molecule has 17 heavy (non-hydrogen) atoms. The van der Waals surface area contributed by atoms with Crippen molar-refractivity contribution in [1.82, 2.24) is 20.1 Å². The van der Waals surface area contributed by atoms with E-state index in [-0.39, 0.29) is 25.0 Å². The van der Waals surface area contributed by atoms with E-state index in [9.17, 15) is 4.79 Å². The van der Waals surface area contributed by atoms with Crippen LogP contribution < -0.4 is 11.1 Å². The van der Waals surface area contributed by atoms with Crippen LogP contribution in [0.1, 0.15) is 25.7 Å². The highest BCUT2D eigenvalue weighted by Gasteiger charge is 2.03. The number of unbranched alkanes of at least 4 members (excludes halogenated alkanes) is 3. The van der Waals surface area contributed by atoms with Gasteiger partial charge in [-0.25, -0.2) is 9.67 Å². The van der Waals surface area contributed by atoms with Crippen molar-refractivity contribution < 1.29 is 9.90 Å². The molecule has 96 valence electrons. The van der Waals surface area contributed by atoms with Crippen molar-refractivity contribution in [3.05, 3.63) is 6.33 Å². The molecule has 1 rings (SSSR count). The first kappa shape index (κ1) is 13.4. The van der Waals surface area contributed by atoms with E-state index in [1.165, 1.54) is 11.0 Å². The Kier molecular flexibility index (Phi) is 6.02. The Balaban J connectivity index is 2.05. The van der Waals surface area contributed by atoms with Crippen LogP contribution in [0, 0.1) is 0 Å². The number of nitrogen functional groups attached to an aromatic ring is 1. The molecule has 1 amide bonds. The lowest BCUT2D eigenvalue weighted by molar-refractivity contribution is -0.121. The number of carbonyl (C=O) groups excluding carboxylic acids is 1. The average molecular weight is 241 g/mol. The zero-order valence-electron chi connectivity index (χ0n) is 9.80. The zero-order valence-corrected chi connectivity index (χ0v) is 9.80. The van der Waals surface area contributed by atoms with E-state index >= 15 is 0 Å². The van der Waals surface area contributed by atoms with Gasteiger partial charge in [0, 0.05) is 13.2 Å². The second-order valence-corrected chi connectivity index (χ2v) is 3.79. The topological polar surface area (TPSA) is 106 Å². The third-order valence-corrected chi connectivity index (χ3v) is 2.27. The first-order valence-electron chi connectivity index (χ1n) is 5.75. The minimum atomic E-state index is -0.0999. The summed E-state index contributed by atoms with van der Waals surface area (Å²) < 4.78 is 1.40. The molecular formula is C10H19N5O2. The smallest absolute Gasteiger partial charge is 0.241 e. The van der Waals surface area contributed by atoms with E-state index in [1.54, 1.807) is 0 Å². The minimum absolute atomic E-state index is 0.0999. The first-order valence-corrected chi connectivity index (χ1v) is 5.75. The number of rotatable bonds is 8. The van der Waals surface area contributed by atoms with Gasteiger partial charge in [-0.1, -0.05) is 12.8 Å². The molecule has 4 N–H and O–H groups in total. The highest BCUT2D eigenvalue weighted by atomic mass is 16.2. The summed E-state index contributed by atoms with van der Waals surface area (Å²) in [6.45, 7) is 1.02. The molecule has 7 heteroatoms. The lowest BCUT2D eigenvalue weighted by atomic mass is 10.2. The minimum Gasteiger partial charge on any atom is -0.396 e. The van der Waals surface area contributed by atoms with E-state index in [2.05, 4.69) is 15.4 Å². The molecule has 0 radical (unpaired) electrons. The third-order valence-electron chi connectivity index (χ3n) is 2.27. The van der Waals surface area contributed by atoms with Crippen LogP contribution in [0.5, 0.6) is 0 Å². The molecule has 0 saturated carbocycles. The summed E-state index contributed by atoms with van der Waals surface area (Å²) in [4.78, 5) is 15.2. The van der Waals surface area contributed by atoms with Gasteiger partial charge in [-0.2, -0.15) is 0 Å². The SMILES string of the molecule is Nc1ncn(CC(=O)NCCCCCCO)n1. The number of nitrogens with two attached hydrogens (primary N) is 1. The summed E-state index contributed by atoms with van der Waals surface area (Å²) in [6.07, 6.45) is 5.18. The monoisotopic (exact) mass is 241 g/mol. The Morgan fingerprint density at radius 2 is 2.18 bits per heavy atom. The Bertz CT molecular complexity index is 339. The van der Waals surface area contributed by atoms with Gasteiger partial charge in [0.2, 0.25) is 11.9 Å². The van der Waals surface area contributed by atoms with Gasteiger partial charge in [-0.15, -0.1) is 5.10 Å². The fourth-order valence-electron chi connectivity index (χ4n) is 1.41. The molecule has 0 saturated heterocycles. The largest absolute Gasteiger partial charge is 0.396 e.